The van der Waals surface area contributed by atoms with E-state index in [-0.39, 0.29) is 17.7 Å². The highest BCUT2D eigenvalue weighted by Crippen LogP contribution is 2.22. The van der Waals surface area contributed by atoms with E-state index in [1.807, 2.05) is 26.0 Å². The van der Waals surface area contributed by atoms with Crippen molar-refractivity contribution in [3.8, 4) is 0 Å². The first-order chi connectivity index (χ1) is 9.88. The smallest absolute Gasteiger partial charge is 0.280 e. The molecule has 2 rings (SSSR count). The van der Waals surface area contributed by atoms with E-state index in [0.717, 1.165) is 34.9 Å². The topological polar surface area (TPSA) is 60.2 Å². The number of halogens is 1. The molecule has 4 nitrogen and oxygen atoms in total. The third-order valence-electron chi connectivity index (χ3n) is 3.39. The van der Waals surface area contributed by atoms with Gasteiger partial charge in [0.05, 0.1) is 10.5 Å². The summed E-state index contributed by atoms with van der Waals surface area (Å²) in [6, 6.07) is 8.46. The summed E-state index contributed by atoms with van der Waals surface area (Å²) < 4.78 is 13.3. The van der Waals surface area contributed by atoms with Crippen molar-refractivity contribution >= 4 is 11.5 Å². The number of nitro groups is 1. The van der Waals surface area contributed by atoms with Crippen LogP contribution in [0.4, 0.5) is 10.1 Å². The lowest BCUT2D eigenvalue weighted by Gasteiger charge is -2.06. The van der Waals surface area contributed by atoms with Crippen LogP contribution in [0.15, 0.2) is 36.4 Å². The average molecular weight is 287 g/mol. The second-order valence-electron chi connectivity index (χ2n) is 4.94. The Morgan fingerprint density at radius 2 is 1.86 bits per heavy atom. The molecule has 2 aromatic carbocycles. The van der Waals surface area contributed by atoms with Crippen molar-refractivity contribution in [3.05, 3.63) is 74.6 Å². The Labute approximate surface area is 121 Å². The largest absolute Gasteiger partial charge is 0.294 e. The Bertz CT molecular complexity index is 725. The minimum atomic E-state index is -0.674. The Morgan fingerprint density at radius 1 is 1.14 bits per heavy atom. The van der Waals surface area contributed by atoms with Crippen LogP contribution >= 0.6 is 0 Å². The fraction of sp³-hybridized carbons (Fsp3) is 0.188. The standard InChI is InChI=1S/C16H14FNO3/c1-10-3-4-12(7-11(10)2)8-16(19)14-9-13(17)5-6-15(14)18(20)21/h3-7,9H,8H2,1-2H3. The maximum atomic E-state index is 13.3. The Hall–Kier alpha value is -2.56. The number of nitrogens with zero attached hydrogens (tertiary/aromatic N) is 1. The normalized spacial score (nSPS) is 10.4. The summed E-state index contributed by atoms with van der Waals surface area (Å²) in [4.78, 5) is 22.5. The average Bonchev–Trinajstić information content (AvgIpc) is 2.42. The van der Waals surface area contributed by atoms with Gasteiger partial charge in [-0.25, -0.2) is 4.39 Å². The Kier molecular flexibility index (Phi) is 4.12. The number of Topliss-reactive ketones (excluding diaryl/α,β-unsaturated/α-hetero) is 1. The number of hydrogen-bond donors (Lipinski definition) is 0. The molecule has 5 heteroatoms. The molecule has 0 atom stereocenters. The summed E-state index contributed by atoms with van der Waals surface area (Å²) in [5.74, 6) is -1.13. The van der Waals surface area contributed by atoms with E-state index < -0.39 is 16.5 Å². The fourth-order valence-corrected chi connectivity index (χ4v) is 2.08. The van der Waals surface area contributed by atoms with Crippen LogP contribution in [0.5, 0.6) is 0 Å². The first-order valence-corrected chi connectivity index (χ1v) is 6.42. The van der Waals surface area contributed by atoms with E-state index in [2.05, 4.69) is 0 Å². The number of nitro benzene ring substituents is 1. The van der Waals surface area contributed by atoms with Crippen molar-refractivity contribution in [2.45, 2.75) is 20.3 Å². The summed E-state index contributed by atoms with van der Waals surface area (Å²) in [6.45, 7) is 3.88. The SMILES string of the molecule is Cc1ccc(CC(=O)c2cc(F)ccc2[N+](=O)[O-])cc1C. The van der Waals surface area contributed by atoms with E-state index in [1.165, 1.54) is 0 Å². The molecule has 0 bridgehead atoms. The van der Waals surface area contributed by atoms with Crippen LogP contribution < -0.4 is 0 Å². The van der Waals surface area contributed by atoms with Gasteiger partial charge in [0, 0.05) is 12.5 Å². The second-order valence-corrected chi connectivity index (χ2v) is 4.94. The van der Waals surface area contributed by atoms with Gasteiger partial charge in [-0.3, -0.25) is 14.9 Å². The highest BCUT2D eigenvalue weighted by atomic mass is 19.1. The lowest BCUT2D eigenvalue weighted by Crippen LogP contribution is -2.08. The van der Waals surface area contributed by atoms with Crippen LogP contribution in [-0.4, -0.2) is 10.7 Å². The first kappa shape index (κ1) is 14.8. The molecule has 0 aliphatic rings. The molecule has 0 amide bonds. The third-order valence-corrected chi connectivity index (χ3v) is 3.39. The Balaban J connectivity index is 2.34. The molecule has 0 saturated heterocycles. The zero-order valence-corrected chi connectivity index (χ0v) is 11.7. The van der Waals surface area contributed by atoms with E-state index in [4.69, 9.17) is 0 Å². The highest BCUT2D eigenvalue weighted by molar-refractivity contribution is 6.01. The highest BCUT2D eigenvalue weighted by Gasteiger charge is 2.21. The zero-order valence-electron chi connectivity index (χ0n) is 11.7. The number of hydrogen-bond acceptors (Lipinski definition) is 3. The summed E-state index contributed by atoms with van der Waals surface area (Å²) in [6.07, 6.45) is 0.00537. The number of carbonyl (C=O) groups excluding carboxylic acids is 1. The predicted octanol–water partition coefficient (Wildman–Crippen LogP) is 3.78. The maximum absolute atomic E-state index is 13.3. The van der Waals surface area contributed by atoms with Gasteiger partial charge in [-0.1, -0.05) is 18.2 Å². The molecule has 0 fully saturated rings. The van der Waals surface area contributed by atoms with Gasteiger partial charge in [-0.15, -0.1) is 0 Å². The van der Waals surface area contributed by atoms with Crippen LogP contribution in [0.1, 0.15) is 27.0 Å². The van der Waals surface area contributed by atoms with E-state index >= 15 is 0 Å². The molecular formula is C16H14FNO3. The summed E-state index contributed by atoms with van der Waals surface area (Å²) in [5, 5.41) is 10.9. The number of rotatable bonds is 4. The van der Waals surface area contributed by atoms with E-state index in [1.54, 1.807) is 6.07 Å². The molecule has 21 heavy (non-hydrogen) atoms. The van der Waals surface area contributed by atoms with Crippen molar-refractivity contribution in [2.24, 2.45) is 0 Å². The number of benzene rings is 2. The van der Waals surface area contributed by atoms with Crippen LogP contribution in [0, 0.1) is 29.8 Å². The van der Waals surface area contributed by atoms with Crippen molar-refractivity contribution < 1.29 is 14.1 Å². The summed E-state index contributed by atoms with van der Waals surface area (Å²) in [7, 11) is 0. The van der Waals surface area contributed by atoms with Crippen LogP contribution in [-0.2, 0) is 6.42 Å². The van der Waals surface area contributed by atoms with Gasteiger partial charge in [0.1, 0.15) is 5.82 Å². The maximum Gasteiger partial charge on any atom is 0.280 e. The van der Waals surface area contributed by atoms with E-state index in [9.17, 15) is 19.3 Å². The molecule has 0 N–H and O–H groups in total. The first-order valence-electron chi connectivity index (χ1n) is 6.42. The molecular weight excluding hydrogens is 273 g/mol. The van der Waals surface area contributed by atoms with Crippen molar-refractivity contribution in [3.63, 3.8) is 0 Å². The van der Waals surface area contributed by atoms with Gasteiger partial charge in [0.2, 0.25) is 0 Å². The molecule has 2 aromatic rings. The second kappa shape index (κ2) is 5.83. The Morgan fingerprint density at radius 3 is 2.48 bits per heavy atom. The molecule has 0 spiro atoms. The lowest BCUT2D eigenvalue weighted by atomic mass is 9.98. The number of carbonyl (C=O) groups is 1. The minimum absolute atomic E-state index is 0.00537. The molecule has 0 radical (unpaired) electrons. The molecule has 0 unspecified atom stereocenters. The van der Waals surface area contributed by atoms with E-state index in [0.29, 0.717) is 0 Å². The molecule has 0 saturated carbocycles. The molecule has 0 aliphatic carbocycles. The zero-order chi connectivity index (χ0) is 15.6. The molecule has 0 heterocycles. The summed E-state index contributed by atoms with van der Waals surface area (Å²) >= 11 is 0. The van der Waals surface area contributed by atoms with Gasteiger partial charge < -0.3 is 0 Å². The van der Waals surface area contributed by atoms with Crippen molar-refractivity contribution in [1.29, 1.82) is 0 Å². The van der Waals surface area contributed by atoms with Gasteiger partial charge in [0.25, 0.3) is 5.69 Å². The van der Waals surface area contributed by atoms with Crippen LogP contribution in [0.2, 0.25) is 0 Å². The minimum Gasteiger partial charge on any atom is -0.294 e. The fourth-order valence-electron chi connectivity index (χ4n) is 2.08. The van der Waals surface area contributed by atoms with Gasteiger partial charge >= 0.3 is 0 Å². The number of ketones is 1. The molecule has 0 aliphatic heterocycles. The molecule has 0 aromatic heterocycles. The van der Waals surface area contributed by atoms with Crippen LogP contribution in [0.25, 0.3) is 0 Å². The van der Waals surface area contributed by atoms with Crippen LogP contribution in [0.3, 0.4) is 0 Å². The third kappa shape index (κ3) is 3.31. The van der Waals surface area contributed by atoms with Gasteiger partial charge in [0.15, 0.2) is 5.78 Å². The summed E-state index contributed by atoms with van der Waals surface area (Å²) in [5.41, 5.74) is 2.32. The monoisotopic (exact) mass is 287 g/mol. The quantitative estimate of drug-likeness (QED) is 0.488. The van der Waals surface area contributed by atoms with Gasteiger partial charge in [-0.2, -0.15) is 0 Å². The predicted molar refractivity (Wildman–Crippen MR) is 77.0 cm³/mol. The van der Waals surface area contributed by atoms with Gasteiger partial charge in [-0.05, 0) is 42.7 Å². The lowest BCUT2D eigenvalue weighted by molar-refractivity contribution is -0.385. The number of aryl methyl sites for hydroxylation is 2. The molecule has 108 valence electrons. The van der Waals surface area contributed by atoms with Crippen molar-refractivity contribution in [2.75, 3.05) is 0 Å². The van der Waals surface area contributed by atoms with Crippen molar-refractivity contribution in [1.82, 2.24) is 0 Å².